The number of ether oxygens (including phenoxy) is 1. The predicted molar refractivity (Wildman–Crippen MR) is 95.8 cm³/mol. The summed E-state index contributed by atoms with van der Waals surface area (Å²) in [5.74, 6) is 0.415. The lowest BCUT2D eigenvalue weighted by molar-refractivity contribution is -0.127. The Morgan fingerprint density at radius 2 is 2.04 bits per heavy atom. The Bertz CT molecular complexity index is 760. The van der Waals surface area contributed by atoms with Gasteiger partial charge in [-0.2, -0.15) is 0 Å². The number of nitrogens with one attached hydrogen (secondary N) is 1. The number of hydrogen-bond donors (Lipinski definition) is 1. The standard InChI is InChI=1S/C18H26N2O4S/c1-18(2)11-15(14-8-4-5-9-16(14)24-18)19-17(21)13-7-6-10-20(12-13)25(3,22)23/h4-5,8-9,13,15H,6-7,10-12H2,1-3H3,(H,19,21). The molecule has 0 bridgehead atoms. The number of amides is 1. The molecule has 1 fully saturated rings. The van der Waals surface area contributed by atoms with Crippen LogP contribution in [-0.2, 0) is 14.8 Å². The molecule has 2 unspecified atom stereocenters. The van der Waals surface area contributed by atoms with E-state index >= 15 is 0 Å². The molecular weight excluding hydrogens is 340 g/mol. The minimum absolute atomic E-state index is 0.0779. The van der Waals surface area contributed by atoms with E-state index in [4.69, 9.17) is 4.74 Å². The Labute approximate surface area is 149 Å². The lowest BCUT2D eigenvalue weighted by atomic mass is 9.89. The summed E-state index contributed by atoms with van der Waals surface area (Å²) < 4.78 is 30.9. The van der Waals surface area contributed by atoms with E-state index in [1.165, 1.54) is 10.6 Å². The molecule has 1 N–H and O–H groups in total. The molecule has 1 aromatic carbocycles. The van der Waals surface area contributed by atoms with Crippen LogP contribution >= 0.6 is 0 Å². The molecular formula is C18H26N2O4S. The molecule has 1 saturated heterocycles. The fourth-order valence-electron chi connectivity index (χ4n) is 3.68. The number of benzene rings is 1. The van der Waals surface area contributed by atoms with Crippen LogP contribution in [0.5, 0.6) is 5.75 Å². The van der Waals surface area contributed by atoms with Gasteiger partial charge in [0.25, 0.3) is 0 Å². The molecule has 1 amide bonds. The first-order valence-electron chi connectivity index (χ1n) is 8.69. The van der Waals surface area contributed by atoms with E-state index in [1.54, 1.807) is 0 Å². The molecule has 0 spiro atoms. The number of carbonyl (C=O) groups excluding carboxylic acids is 1. The fraction of sp³-hybridized carbons (Fsp3) is 0.611. The van der Waals surface area contributed by atoms with Crippen molar-refractivity contribution < 1.29 is 17.9 Å². The van der Waals surface area contributed by atoms with Gasteiger partial charge in [-0.15, -0.1) is 0 Å². The van der Waals surface area contributed by atoms with Crippen molar-refractivity contribution in [3.05, 3.63) is 29.8 Å². The van der Waals surface area contributed by atoms with E-state index in [-0.39, 0.29) is 30.0 Å². The van der Waals surface area contributed by atoms with Crippen molar-refractivity contribution in [2.24, 2.45) is 5.92 Å². The van der Waals surface area contributed by atoms with Crippen molar-refractivity contribution in [2.75, 3.05) is 19.3 Å². The van der Waals surface area contributed by atoms with Gasteiger partial charge in [-0.3, -0.25) is 4.79 Å². The van der Waals surface area contributed by atoms with Crippen LogP contribution in [0, 0.1) is 5.92 Å². The summed E-state index contributed by atoms with van der Waals surface area (Å²) in [5.41, 5.74) is 0.614. The van der Waals surface area contributed by atoms with Crippen LogP contribution in [0.15, 0.2) is 24.3 Å². The Balaban J connectivity index is 1.74. The van der Waals surface area contributed by atoms with Gasteiger partial charge in [0.1, 0.15) is 11.4 Å². The van der Waals surface area contributed by atoms with E-state index in [9.17, 15) is 13.2 Å². The molecule has 2 aliphatic heterocycles. The predicted octanol–water partition coefficient (Wildman–Crippen LogP) is 2.08. The van der Waals surface area contributed by atoms with E-state index < -0.39 is 10.0 Å². The summed E-state index contributed by atoms with van der Waals surface area (Å²) in [6.45, 7) is 4.77. The second kappa shape index (κ2) is 6.61. The third kappa shape index (κ3) is 4.15. The smallest absolute Gasteiger partial charge is 0.224 e. The Hall–Kier alpha value is -1.60. The van der Waals surface area contributed by atoms with Crippen LogP contribution < -0.4 is 10.1 Å². The molecule has 138 valence electrons. The van der Waals surface area contributed by atoms with Gasteiger partial charge in [0.05, 0.1) is 18.2 Å². The second-order valence-corrected chi connectivity index (χ2v) is 9.61. The maximum Gasteiger partial charge on any atom is 0.224 e. The molecule has 0 saturated carbocycles. The molecule has 0 aliphatic carbocycles. The highest BCUT2D eigenvalue weighted by Crippen LogP contribution is 2.39. The number of fused-ring (bicyclic) bond motifs is 1. The average molecular weight is 366 g/mol. The molecule has 1 aromatic rings. The highest BCUT2D eigenvalue weighted by molar-refractivity contribution is 7.88. The summed E-state index contributed by atoms with van der Waals surface area (Å²) in [7, 11) is -3.26. The Kier molecular flexibility index (Phi) is 4.81. The number of carbonyl (C=O) groups is 1. The molecule has 3 rings (SSSR count). The zero-order chi connectivity index (χ0) is 18.2. The van der Waals surface area contributed by atoms with Crippen molar-refractivity contribution in [3.8, 4) is 5.75 Å². The van der Waals surface area contributed by atoms with Crippen LogP contribution in [0.3, 0.4) is 0 Å². The molecule has 2 heterocycles. The van der Waals surface area contributed by atoms with Crippen LogP contribution in [-0.4, -0.2) is 43.6 Å². The summed E-state index contributed by atoms with van der Waals surface area (Å²) >= 11 is 0. The lowest BCUT2D eigenvalue weighted by Gasteiger charge is -2.39. The van der Waals surface area contributed by atoms with E-state index in [0.29, 0.717) is 25.8 Å². The largest absolute Gasteiger partial charge is 0.487 e. The highest BCUT2D eigenvalue weighted by atomic mass is 32.2. The number of para-hydroxylation sites is 1. The van der Waals surface area contributed by atoms with Crippen LogP contribution in [0.25, 0.3) is 0 Å². The average Bonchev–Trinajstić information content (AvgIpc) is 2.53. The van der Waals surface area contributed by atoms with Crippen molar-refractivity contribution >= 4 is 15.9 Å². The van der Waals surface area contributed by atoms with Crippen molar-refractivity contribution in [1.29, 1.82) is 0 Å². The highest BCUT2D eigenvalue weighted by Gasteiger charge is 2.36. The summed E-state index contributed by atoms with van der Waals surface area (Å²) in [4.78, 5) is 12.8. The van der Waals surface area contributed by atoms with Gasteiger partial charge in [0.2, 0.25) is 15.9 Å². The first-order valence-corrected chi connectivity index (χ1v) is 10.5. The van der Waals surface area contributed by atoms with E-state index in [0.717, 1.165) is 11.3 Å². The van der Waals surface area contributed by atoms with Crippen molar-refractivity contribution in [1.82, 2.24) is 9.62 Å². The van der Waals surface area contributed by atoms with Gasteiger partial charge in [-0.05, 0) is 32.8 Å². The van der Waals surface area contributed by atoms with Gasteiger partial charge < -0.3 is 10.1 Å². The summed E-state index contributed by atoms with van der Waals surface area (Å²) in [6, 6.07) is 7.62. The van der Waals surface area contributed by atoms with Gasteiger partial charge in [-0.1, -0.05) is 18.2 Å². The van der Waals surface area contributed by atoms with Gasteiger partial charge >= 0.3 is 0 Å². The molecule has 2 atom stereocenters. The quantitative estimate of drug-likeness (QED) is 0.889. The number of sulfonamides is 1. The van der Waals surface area contributed by atoms with Crippen LogP contribution in [0.4, 0.5) is 0 Å². The molecule has 7 heteroatoms. The first-order chi connectivity index (χ1) is 11.7. The van der Waals surface area contributed by atoms with Crippen molar-refractivity contribution in [3.63, 3.8) is 0 Å². The monoisotopic (exact) mass is 366 g/mol. The molecule has 0 radical (unpaired) electrons. The number of piperidine rings is 1. The minimum Gasteiger partial charge on any atom is -0.487 e. The van der Waals surface area contributed by atoms with Gasteiger partial charge in [0, 0.05) is 25.1 Å². The lowest BCUT2D eigenvalue weighted by Crippen LogP contribution is -2.47. The molecule has 0 aromatic heterocycles. The zero-order valence-electron chi connectivity index (χ0n) is 15.0. The molecule has 2 aliphatic rings. The normalized spacial score (nSPS) is 26.4. The second-order valence-electron chi connectivity index (χ2n) is 7.63. The fourth-order valence-corrected chi connectivity index (χ4v) is 4.59. The summed E-state index contributed by atoms with van der Waals surface area (Å²) in [6.07, 6.45) is 3.30. The topological polar surface area (TPSA) is 75.7 Å². The maximum absolute atomic E-state index is 12.8. The molecule has 25 heavy (non-hydrogen) atoms. The van der Waals surface area contributed by atoms with Crippen LogP contribution in [0.1, 0.15) is 44.7 Å². The summed E-state index contributed by atoms with van der Waals surface area (Å²) in [5, 5.41) is 3.13. The van der Waals surface area contributed by atoms with E-state index in [1.807, 2.05) is 38.1 Å². The Morgan fingerprint density at radius 3 is 2.76 bits per heavy atom. The van der Waals surface area contributed by atoms with Gasteiger partial charge in [0.15, 0.2) is 0 Å². The third-order valence-corrected chi connectivity index (χ3v) is 6.19. The third-order valence-electron chi connectivity index (χ3n) is 4.92. The number of nitrogens with zero attached hydrogens (tertiary/aromatic N) is 1. The van der Waals surface area contributed by atoms with Gasteiger partial charge in [-0.25, -0.2) is 12.7 Å². The minimum atomic E-state index is -3.26. The maximum atomic E-state index is 12.8. The number of rotatable bonds is 3. The Morgan fingerprint density at radius 1 is 1.32 bits per heavy atom. The van der Waals surface area contributed by atoms with Crippen LogP contribution in [0.2, 0.25) is 0 Å². The first kappa shape index (κ1) is 18.2. The SMILES string of the molecule is CC1(C)CC(NC(=O)C2CCCN(S(C)(=O)=O)C2)c2ccccc2O1. The van der Waals surface area contributed by atoms with E-state index in [2.05, 4.69) is 5.32 Å². The zero-order valence-corrected chi connectivity index (χ0v) is 15.8. The number of hydrogen-bond acceptors (Lipinski definition) is 4. The molecule has 6 nitrogen and oxygen atoms in total. The van der Waals surface area contributed by atoms with Crippen molar-refractivity contribution in [2.45, 2.75) is 44.8 Å².